The molecule has 2 amide bonds. The molecule has 0 aliphatic heterocycles. The topological polar surface area (TPSA) is 70.7 Å². The van der Waals surface area contributed by atoms with Gasteiger partial charge in [-0.1, -0.05) is 35.9 Å². The van der Waals surface area contributed by atoms with Crippen molar-refractivity contribution in [2.45, 2.75) is 32.5 Å². The van der Waals surface area contributed by atoms with Crippen LogP contribution in [0.1, 0.15) is 34.0 Å². The number of hydrazine groups is 1. The molecule has 6 nitrogen and oxygen atoms in total. The first-order valence-electron chi connectivity index (χ1n) is 11.4. The molecule has 0 saturated carbocycles. The Bertz CT molecular complexity index is 1200. The summed E-state index contributed by atoms with van der Waals surface area (Å²) in [5, 5.41) is 3.91. The number of likely N-dealkylation sites (N-methyl/N-ethyl adjacent to an activating group) is 1. The van der Waals surface area contributed by atoms with E-state index in [0.717, 1.165) is 11.6 Å². The van der Waals surface area contributed by atoms with Crippen LogP contribution < -0.4 is 15.5 Å². The van der Waals surface area contributed by atoms with E-state index < -0.39 is 29.6 Å². The SMILES string of the molecule is CCN(Nc1ccc(OC)cc1)C(=O)C(Cc1ccccc1C(F)(F)F)NC(=O)c1cccc(C)c1. The van der Waals surface area contributed by atoms with Gasteiger partial charge in [-0.05, 0) is 61.9 Å². The lowest BCUT2D eigenvalue weighted by atomic mass is 9.98. The molecule has 1 unspecified atom stereocenters. The quantitative estimate of drug-likeness (QED) is 0.395. The van der Waals surface area contributed by atoms with Crippen LogP contribution in [0.15, 0.2) is 72.8 Å². The maximum Gasteiger partial charge on any atom is 0.416 e. The number of nitrogens with zero attached hydrogens (tertiary/aromatic N) is 1. The number of ether oxygens (including phenoxy) is 1. The molecule has 0 aliphatic rings. The van der Waals surface area contributed by atoms with Gasteiger partial charge in [0.25, 0.3) is 11.8 Å². The molecule has 3 aromatic rings. The van der Waals surface area contributed by atoms with Crippen LogP contribution in [-0.2, 0) is 17.4 Å². The zero-order valence-electron chi connectivity index (χ0n) is 20.2. The molecule has 0 spiro atoms. The fourth-order valence-electron chi connectivity index (χ4n) is 3.72. The van der Waals surface area contributed by atoms with E-state index in [1.165, 1.54) is 30.3 Å². The first kappa shape index (κ1) is 26.6. The van der Waals surface area contributed by atoms with E-state index in [1.807, 2.05) is 13.0 Å². The second kappa shape index (κ2) is 11.6. The van der Waals surface area contributed by atoms with Crippen molar-refractivity contribution in [2.75, 3.05) is 19.1 Å². The van der Waals surface area contributed by atoms with Gasteiger partial charge in [-0.15, -0.1) is 0 Å². The lowest BCUT2D eigenvalue weighted by molar-refractivity contribution is -0.139. The minimum atomic E-state index is -4.60. The van der Waals surface area contributed by atoms with Gasteiger partial charge in [-0.2, -0.15) is 13.2 Å². The van der Waals surface area contributed by atoms with E-state index in [-0.39, 0.29) is 18.5 Å². The molecular weight excluding hydrogens is 471 g/mol. The van der Waals surface area contributed by atoms with Gasteiger partial charge in [0.05, 0.1) is 18.4 Å². The van der Waals surface area contributed by atoms with Crippen molar-refractivity contribution in [1.29, 1.82) is 0 Å². The summed E-state index contributed by atoms with van der Waals surface area (Å²) in [6.07, 6.45) is -4.94. The molecule has 0 aromatic heterocycles. The van der Waals surface area contributed by atoms with Crippen LogP contribution in [0.3, 0.4) is 0 Å². The van der Waals surface area contributed by atoms with Gasteiger partial charge in [0.1, 0.15) is 11.8 Å². The summed E-state index contributed by atoms with van der Waals surface area (Å²) in [4.78, 5) is 26.5. The van der Waals surface area contributed by atoms with Gasteiger partial charge >= 0.3 is 6.18 Å². The van der Waals surface area contributed by atoms with Crippen LogP contribution in [0.25, 0.3) is 0 Å². The fraction of sp³-hybridized carbons (Fsp3) is 0.259. The molecule has 0 fully saturated rings. The number of hydrogen-bond donors (Lipinski definition) is 2. The summed E-state index contributed by atoms with van der Waals surface area (Å²) < 4.78 is 46.1. The Balaban J connectivity index is 1.91. The highest BCUT2D eigenvalue weighted by atomic mass is 19.4. The number of halogens is 3. The number of alkyl halides is 3. The Kier molecular flexibility index (Phi) is 8.58. The minimum absolute atomic E-state index is 0.0895. The largest absolute Gasteiger partial charge is 0.497 e. The van der Waals surface area contributed by atoms with Crippen molar-refractivity contribution in [3.05, 3.63) is 95.1 Å². The summed E-state index contributed by atoms with van der Waals surface area (Å²) in [5.74, 6) is -0.504. The van der Waals surface area contributed by atoms with E-state index in [9.17, 15) is 22.8 Å². The van der Waals surface area contributed by atoms with Crippen LogP contribution in [0, 0.1) is 6.92 Å². The third-order valence-electron chi connectivity index (χ3n) is 5.57. The number of aryl methyl sites for hydroxylation is 1. The second-order valence-electron chi connectivity index (χ2n) is 8.18. The average Bonchev–Trinajstić information content (AvgIpc) is 2.86. The maximum absolute atomic E-state index is 13.6. The number of hydrogen-bond acceptors (Lipinski definition) is 4. The van der Waals surface area contributed by atoms with E-state index in [2.05, 4.69) is 10.7 Å². The number of carbonyl (C=O) groups is 2. The van der Waals surface area contributed by atoms with Crippen molar-refractivity contribution in [1.82, 2.24) is 10.3 Å². The number of methoxy groups -OCH3 is 1. The lowest BCUT2D eigenvalue weighted by Crippen LogP contribution is -2.51. The molecule has 0 aliphatic carbocycles. The normalized spacial score (nSPS) is 11.9. The Morgan fingerprint density at radius 1 is 1.00 bits per heavy atom. The molecular formula is C27H28F3N3O3. The van der Waals surface area contributed by atoms with Crippen LogP contribution >= 0.6 is 0 Å². The fourth-order valence-corrected chi connectivity index (χ4v) is 3.72. The number of rotatable bonds is 9. The molecule has 0 saturated heterocycles. The molecule has 2 N–H and O–H groups in total. The van der Waals surface area contributed by atoms with E-state index in [4.69, 9.17) is 4.74 Å². The number of benzene rings is 3. The Hall–Kier alpha value is -4.01. The van der Waals surface area contributed by atoms with E-state index in [1.54, 1.807) is 49.4 Å². The standard InChI is InChI=1S/C27H28F3N3O3/c1-4-33(32-21-12-14-22(36-3)15-13-21)26(35)24(31-25(34)20-10-7-8-18(2)16-20)17-19-9-5-6-11-23(19)27(28,29)30/h5-16,24,32H,4,17H2,1-3H3,(H,31,34). The number of carbonyl (C=O) groups excluding carboxylic acids is 2. The Morgan fingerprint density at radius 2 is 1.69 bits per heavy atom. The third-order valence-corrected chi connectivity index (χ3v) is 5.57. The molecule has 3 rings (SSSR count). The summed E-state index contributed by atoms with van der Waals surface area (Å²) in [5.41, 5.74) is 3.75. The van der Waals surface area contributed by atoms with Gasteiger partial charge in [0.15, 0.2) is 0 Å². The molecule has 0 radical (unpaired) electrons. The number of anilines is 1. The molecule has 36 heavy (non-hydrogen) atoms. The first-order chi connectivity index (χ1) is 17.1. The smallest absolute Gasteiger partial charge is 0.416 e. The van der Waals surface area contributed by atoms with Gasteiger partial charge in [-0.25, -0.2) is 0 Å². The zero-order chi connectivity index (χ0) is 26.3. The highest BCUT2D eigenvalue weighted by molar-refractivity contribution is 5.98. The minimum Gasteiger partial charge on any atom is -0.497 e. The van der Waals surface area contributed by atoms with Gasteiger partial charge < -0.3 is 10.1 Å². The summed E-state index contributed by atoms with van der Waals surface area (Å²) in [6.45, 7) is 3.73. The number of amides is 2. The Morgan fingerprint density at radius 3 is 2.31 bits per heavy atom. The zero-order valence-corrected chi connectivity index (χ0v) is 20.2. The van der Waals surface area contributed by atoms with Gasteiger partial charge in [-0.3, -0.25) is 20.0 Å². The highest BCUT2D eigenvalue weighted by Gasteiger charge is 2.35. The van der Waals surface area contributed by atoms with Crippen molar-refractivity contribution in [3.63, 3.8) is 0 Å². The highest BCUT2D eigenvalue weighted by Crippen LogP contribution is 2.32. The molecule has 0 bridgehead atoms. The van der Waals surface area contributed by atoms with Crippen LogP contribution in [0.5, 0.6) is 5.75 Å². The van der Waals surface area contributed by atoms with Crippen molar-refractivity contribution in [2.24, 2.45) is 0 Å². The third kappa shape index (κ3) is 6.78. The van der Waals surface area contributed by atoms with E-state index >= 15 is 0 Å². The molecule has 9 heteroatoms. The van der Waals surface area contributed by atoms with Crippen molar-refractivity contribution < 1.29 is 27.5 Å². The van der Waals surface area contributed by atoms with Crippen LogP contribution in [0.4, 0.5) is 18.9 Å². The van der Waals surface area contributed by atoms with Crippen molar-refractivity contribution >= 4 is 17.5 Å². The monoisotopic (exact) mass is 499 g/mol. The van der Waals surface area contributed by atoms with Crippen LogP contribution in [0.2, 0.25) is 0 Å². The first-order valence-corrected chi connectivity index (χ1v) is 11.4. The lowest BCUT2D eigenvalue weighted by Gasteiger charge is -2.29. The van der Waals surface area contributed by atoms with Crippen LogP contribution in [-0.4, -0.2) is 36.5 Å². The molecule has 190 valence electrons. The summed E-state index contributed by atoms with van der Waals surface area (Å²) in [7, 11) is 1.53. The summed E-state index contributed by atoms with van der Waals surface area (Å²) >= 11 is 0. The second-order valence-corrected chi connectivity index (χ2v) is 8.18. The van der Waals surface area contributed by atoms with Gasteiger partial charge in [0.2, 0.25) is 0 Å². The van der Waals surface area contributed by atoms with E-state index in [0.29, 0.717) is 17.0 Å². The molecule has 0 heterocycles. The Labute approximate surface area is 208 Å². The summed E-state index contributed by atoms with van der Waals surface area (Å²) in [6, 6.07) is 17.3. The predicted molar refractivity (Wildman–Crippen MR) is 132 cm³/mol. The van der Waals surface area contributed by atoms with Crippen molar-refractivity contribution in [3.8, 4) is 5.75 Å². The maximum atomic E-state index is 13.6. The van der Waals surface area contributed by atoms with Gasteiger partial charge in [0, 0.05) is 18.5 Å². The molecule has 3 aromatic carbocycles. The molecule has 1 atom stereocenters. The number of nitrogens with one attached hydrogen (secondary N) is 2. The predicted octanol–water partition coefficient (Wildman–Crippen LogP) is 5.24. The average molecular weight is 500 g/mol.